The van der Waals surface area contributed by atoms with Gasteiger partial charge in [-0.25, -0.2) is 14.5 Å². The van der Waals surface area contributed by atoms with E-state index in [-0.39, 0.29) is 18.1 Å². The van der Waals surface area contributed by atoms with Crippen LogP contribution in [0, 0.1) is 0 Å². The van der Waals surface area contributed by atoms with E-state index in [1.54, 1.807) is 6.07 Å². The quantitative estimate of drug-likeness (QED) is 0.473. The van der Waals surface area contributed by atoms with E-state index in [0.717, 1.165) is 16.5 Å². The first kappa shape index (κ1) is 19.5. The van der Waals surface area contributed by atoms with E-state index in [9.17, 15) is 14.7 Å². The average Bonchev–Trinajstić information content (AvgIpc) is 3.23. The number of phenolic OH excluding ortho intramolecular Hbond substituents is 1. The maximum atomic E-state index is 12.6. The number of hydrogen-bond acceptors (Lipinski definition) is 4. The van der Waals surface area contributed by atoms with Gasteiger partial charge in [0, 0.05) is 24.1 Å². The predicted molar refractivity (Wildman–Crippen MR) is 115 cm³/mol. The van der Waals surface area contributed by atoms with Gasteiger partial charge in [-0.3, -0.25) is 4.79 Å². The normalized spacial score (nSPS) is 11.5. The average molecular weight is 405 g/mol. The molecule has 8 nitrogen and oxygen atoms in total. The molecule has 0 fully saturated rings. The molecule has 0 aliphatic rings. The molecule has 0 saturated heterocycles. The molecular formula is C22H23N5O3. The minimum Gasteiger partial charge on any atom is -0.507 e. The molecule has 30 heavy (non-hydrogen) atoms. The Morgan fingerprint density at radius 1 is 1.23 bits per heavy atom. The molecule has 2 aromatic carbocycles. The second kappa shape index (κ2) is 7.22. The van der Waals surface area contributed by atoms with Crippen molar-refractivity contribution in [2.24, 2.45) is 12.8 Å². The molecule has 4 rings (SSSR count). The Morgan fingerprint density at radius 3 is 2.70 bits per heavy atom. The van der Waals surface area contributed by atoms with Gasteiger partial charge in [-0.05, 0) is 53.4 Å². The van der Waals surface area contributed by atoms with Crippen LogP contribution in [0.2, 0.25) is 0 Å². The molecule has 4 aromatic rings. The maximum Gasteiger partial charge on any atom is 0.348 e. The van der Waals surface area contributed by atoms with Crippen LogP contribution in [0.5, 0.6) is 5.75 Å². The molecule has 8 heteroatoms. The maximum absolute atomic E-state index is 12.6. The Bertz CT molecular complexity index is 1330. The molecule has 0 saturated carbocycles. The zero-order chi connectivity index (χ0) is 21.6. The summed E-state index contributed by atoms with van der Waals surface area (Å²) in [5, 5.41) is 18.3. The number of phenols is 1. The van der Waals surface area contributed by atoms with Gasteiger partial charge in [-0.2, -0.15) is 5.10 Å². The molecule has 0 unspecified atom stereocenters. The van der Waals surface area contributed by atoms with Gasteiger partial charge in [0.25, 0.3) is 0 Å². The summed E-state index contributed by atoms with van der Waals surface area (Å²) in [6.45, 7) is 3.98. The molecule has 154 valence electrons. The van der Waals surface area contributed by atoms with Crippen molar-refractivity contribution in [2.75, 3.05) is 0 Å². The number of rotatable bonds is 5. The number of nitrogens with one attached hydrogen (secondary N) is 1. The molecule has 2 aromatic heterocycles. The number of benzene rings is 2. The van der Waals surface area contributed by atoms with Crippen molar-refractivity contribution in [3.8, 4) is 22.8 Å². The Kier molecular flexibility index (Phi) is 4.69. The standard InChI is InChI=1S/C22H23N5O3/c1-12(2)16-11-17(19(28)9-14(16)10-20(23)29)21-24-25-22(30)27(21)15-4-5-18-13(8-15)6-7-26(18)3/h4-9,11-12,28H,10H2,1-3H3,(H2,23,29)(H,25,30). The number of aromatic amines is 1. The molecular weight excluding hydrogens is 382 g/mol. The third-order valence-electron chi connectivity index (χ3n) is 5.28. The monoisotopic (exact) mass is 405 g/mol. The lowest BCUT2D eigenvalue weighted by atomic mass is 9.92. The highest BCUT2D eigenvalue weighted by atomic mass is 16.3. The molecule has 0 radical (unpaired) electrons. The lowest BCUT2D eigenvalue weighted by Crippen LogP contribution is -2.16. The van der Waals surface area contributed by atoms with Crippen LogP contribution in [0.25, 0.3) is 28.0 Å². The Hall–Kier alpha value is -3.81. The summed E-state index contributed by atoms with van der Waals surface area (Å²) in [6, 6.07) is 10.9. The number of aromatic hydroxyl groups is 1. The van der Waals surface area contributed by atoms with Crippen LogP contribution in [-0.2, 0) is 18.3 Å². The predicted octanol–water partition coefficient (Wildman–Crippen LogP) is 2.58. The number of carbonyl (C=O) groups excluding carboxylic acids is 1. The molecule has 0 aliphatic heterocycles. The summed E-state index contributed by atoms with van der Waals surface area (Å²) >= 11 is 0. The van der Waals surface area contributed by atoms with E-state index in [2.05, 4.69) is 10.2 Å². The zero-order valence-corrected chi connectivity index (χ0v) is 17.0. The van der Waals surface area contributed by atoms with Gasteiger partial charge < -0.3 is 15.4 Å². The number of H-pyrrole nitrogens is 1. The van der Waals surface area contributed by atoms with Crippen molar-refractivity contribution in [3.63, 3.8) is 0 Å². The van der Waals surface area contributed by atoms with Gasteiger partial charge in [0.05, 0.1) is 17.7 Å². The zero-order valence-electron chi connectivity index (χ0n) is 17.0. The van der Waals surface area contributed by atoms with Crippen LogP contribution in [0.1, 0.15) is 30.9 Å². The number of primary amides is 1. The molecule has 0 atom stereocenters. The first-order chi connectivity index (χ1) is 14.3. The van der Waals surface area contributed by atoms with E-state index in [0.29, 0.717) is 22.6 Å². The highest BCUT2D eigenvalue weighted by Crippen LogP contribution is 2.34. The molecule has 0 aliphatic carbocycles. The van der Waals surface area contributed by atoms with Crippen molar-refractivity contribution in [3.05, 3.63) is 64.2 Å². The lowest BCUT2D eigenvalue weighted by molar-refractivity contribution is -0.117. The number of carbonyl (C=O) groups is 1. The fraction of sp³-hybridized carbons (Fsp3) is 0.227. The van der Waals surface area contributed by atoms with Crippen molar-refractivity contribution in [1.29, 1.82) is 0 Å². The molecule has 0 bridgehead atoms. The number of nitrogens with two attached hydrogens (primary N) is 1. The van der Waals surface area contributed by atoms with Crippen LogP contribution in [-0.4, -0.2) is 30.3 Å². The fourth-order valence-electron chi connectivity index (χ4n) is 3.83. The van der Waals surface area contributed by atoms with Crippen LogP contribution < -0.4 is 11.4 Å². The largest absolute Gasteiger partial charge is 0.507 e. The summed E-state index contributed by atoms with van der Waals surface area (Å²) in [7, 11) is 1.95. The van der Waals surface area contributed by atoms with Crippen molar-refractivity contribution >= 4 is 16.8 Å². The Labute approximate surface area is 172 Å². The number of aryl methyl sites for hydroxylation is 1. The summed E-state index contributed by atoms with van der Waals surface area (Å²) in [5.74, 6) is -0.174. The second-order valence-electron chi connectivity index (χ2n) is 7.72. The van der Waals surface area contributed by atoms with Crippen molar-refractivity contribution in [1.82, 2.24) is 19.3 Å². The number of hydrogen-bond donors (Lipinski definition) is 3. The molecule has 0 spiro atoms. The Balaban J connectivity index is 1.91. The van der Waals surface area contributed by atoms with Gasteiger partial charge in [0.2, 0.25) is 5.91 Å². The number of amides is 1. The van der Waals surface area contributed by atoms with E-state index in [4.69, 9.17) is 5.73 Å². The second-order valence-corrected chi connectivity index (χ2v) is 7.72. The van der Waals surface area contributed by atoms with E-state index in [1.165, 1.54) is 10.6 Å². The van der Waals surface area contributed by atoms with Crippen molar-refractivity contribution in [2.45, 2.75) is 26.2 Å². The van der Waals surface area contributed by atoms with Crippen molar-refractivity contribution < 1.29 is 9.90 Å². The highest BCUT2D eigenvalue weighted by molar-refractivity contribution is 5.83. The first-order valence-electron chi connectivity index (χ1n) is 9.63. The molecule has 4 N–H and O–H groups in total. The van der Waals surface area contributed by atoms with E-state index >= 15 is 0 Å². The fourth-order valence-corrected chi connectivity index (χ4v) is 3.83. The first-order valence-corrected chi connectivity index (χ1v) is 9.63. The summed E-state index contributed by atoms with van der Waals surface area (Å²) in [5.41, 5.74) is 8.55. The third-order valence-corrected chi connectivity index (χ3v) is 5.28. The number of fused-ring (bicyclic) bond motifs is 1. The van der Waals surface area contributed by atoms with Crippen LogP contribution in [0.15, 0.2) is 47.4 Å². The van der Waals surface area contributed by atoms with Crippen LogP contribution in [0.3, 0.4) is 0 Å². The minimum atomic E-state index is -0.475. The Morgan fingerprint density at radius 2 is 2.00 bits per heavy atom. The van der Waals surface area contributed by atoms with Gasteiger partial charge in [0.1, 0.15) is 5.75 Å². The van der Waals surface area contributed by atoms with E-state index < -0.39 is 11.6 Å². The van der Waals surface area contributed by atoms with Gasteiger partial charge in [-0.1, -0.05) is 13.8 Å². The van der Waals surface area contributed by atoms with Gasteiger partial charge in [-0.15, -0.1) is 0 Å². The number of aromatic nitrogens is 4. The van der Waals surface area contributed by atoms with E-state index in [1.807, 2.05) is 55.9 Å². The summed E-state index contributed by atoms with van der Waals surface area (Å²) in [6.07, 6.45) is 1.98. The molecule has 2 heterocycles. The third kappa shape index (κ3) is 3.26. The topological polar surface area (TPSA) is 119 Å². The van der Waals surface area contributed by atoms with Gasteiger partial charge >= 0.3 is 5.69 Å². The van der Waals surface area contributed by atoms with Crippen LogP contribution in [0.4, 0.5) is 0 Å². The molecule has 1 amide bonds. The lowest BCUT2D eigenvalue weighted by Gasteiger charge is -2.16. The SMILES string of the molecule is CC(C)c1cc(-c2n[nH]c(=O)n2-c2ccc3c(ccn3C)c2)c(O)cc1CC(N)=O. The highest BCUT2D eigenvalue weighted by Gasteiger charge is 2.20. The summed E-state index contributed by atoms with van der Waals surface area (Å²) < 4.78 is 3.43. The van der Waals surface area contributed by atoms with Crippen LogP contribution >= 0.6 is 0 Å². The van der Waals surface area contributed by atoms with Gasteiger partial charge in [0.15, 0.2) is 5.82 Å². The number of nitrogens with zero attached hydrogens (tertiary/aromatic N) is 3. The summed E-state index contributed by atoms with van der Waals surface area (Å²) in [4.78, 5) is 24.0. The minimum absolute atomic E-state index is 0.0272. The smallest absolute Gasteiger partial charge is 0.348 e.